The van der Waals surface area contributed by atoms with Gasteiger partial charge in [0.2, 0.25) is 0 Å². The topological polar surface area (TPSA) is 91.3 Å². The first-order valence-corrected chi connectivity index (χ1v) is 11.4. The molecule has 30 heavy (non-hydrogen) atoms. The Morgan fingerprint density at radius 2 is 1.80 bits per heavy atom. The van der Waals surface area contributed by atoms with E-state index >= 15 is 0 Å². The molecule has 0 aliphatic heterocycles. The first kappa shape index (κ1) is 24.1. The number of ketones is 3. The Hall–Kier alpha value is -0.520. The Labute approximate surface area is 201 Å². The SMILES string of the molecule is CC(CCC(=O)[O-])C1CCC2C3C(=O)CC4CC(=O)CC[C@@]4(C)C3CC(=O)[C@]12C.[Na+]. The fourth-order valence-electron chi connectivity index (χ4n) is 7.94. The quantitative estimate of drug-likeness (QED) is 0.580. The zero-order chi connectivity index (χ0) is 21.1. The Morgan fingerprint density at radius 3 is 2.47 bits per heavy atom. The van der Waals surface area contributed by atoms with E-state index in [2.05, 4.69) is 13.8 Å². The third kappa shape index (κ3) is 3.57. The van der Waals surface area contributed by atoms with Gasteiger partial charge in [0.1, 0.15) is 17.3 Å². The van der Waals surface area contributed by atoms with E-state index in [4.69, 9.17) is 0 Å². The van der Waals surface area contributed by atoms with Gasteiger partial charge in [-0.05, 0) is 67.1 Å². The molecule has 0 radical (unpaired) electrons. The van der Waals surface area contributed by atoms with Gasteiger partial charge in [-0.15, -0.1) is 0 Å². The van der Waals surface area contributed by atoms with Crippen LogP contribution in [0, 0.1) is 46.3 Å². The van der Waals surface area contributed by atoms with Crippen molar-refractivity contribution < 1.29 is 53.8 Å². The van der Waals surface area contributed by atoms with E-state index in [9.17, 15) is 24.3 Å². The third-order valence-electron chi connectivity index (χ3n) is 9.71. The summed E-state index contributed by atoms with van der Waals surface area (Å²) in [5.41, 5.74) is -0.627. The summed E-state index contributed by atoms with van der Waals surface area (Å²) in [7, 11) is 0. The van der Waals surface area contributed by atoms with Gasteiger partial charge in [0.05, 0.1) is 0 Å². The number of carboxylic acids is 1. The number of Topliss-reactive ketones (excluding diaryl/α,β-unsaturated/α-hetero) is 3. The van der Waals surface area contributed by atoms with E-state index in [0.29, 0.717) is 32.1 Å². The van der Waals surface area contributed by atoms with Crippen LogP contribution in [0.5, 0.6) is 0 Å². The number of hydrogen-bond donors (Lipinski definition) is 0. The maximum atomic E-state index is 13.6. The van der Waals surface area contributed by atoms with Crippen LogP contribution in [0.25, 0.3) is 0 Å². The molecule has 0 aromatic heterocycles. The van der Waals surface area contributed by atoms with Crippen LogP contribution in [-0.4, -0.2) is 23.3 Å². The van der Waals surface area contributed by atoms with E-state index < -0.39 is 11.4 Å². The second-order valence-corrected chi connectivity index (χ2v) is 10.8. The van der Waals surface area contributed by atoms with Gasteiger partial charge in [0.25, 0.3) is 0 Å². The van der Waals surface area contributed by atoms with Crippen LogP contribution in [0.4, 0.5) is 0 Å². The summed E-state index contributed by atoms with van der Waals surface area (Å²) in [5, 5.41) is 10.9. The summed E-state index contributed by atoms with van der Waals surface area (Å²) in [6.45, 7) is 6.32. The second kappa shape index (κ2) is 8.44. The molecule has 160 valence electrons. The summed E-state index contributed by atoms with van der Waals surface area (Å²) >= 11 is 0. The molecular weight excluding hydrogens is 391 g/mol. The Balaban J connectivity index is 0.00000256. The number of carbonyl (C=O) groups is 4. The minimum absolute atomic E-state index is 0. The van der Waals surface area contributed by atoms with Crippen molar-refractivity contribution in [3.8, 4) is 0 Å². The Kier molecular flexibility index (Phi) is 6.79. The van der Waals surface area contributed by atoms with Crippen LogP contribution in [0.1, 0.15) is 78.6 Å². The van der Waals surface area contributed by atoms with E-state index in [1.807, 2.05) is 6.92 Å². The minimum Gasteiger partial charge on any atom is -0.550 e. The fourth-order valence-corrected chi connectivity index (χ4v) is 7.94. The van der Waals surface area contributed by atoms with Gasteiger partial charge in [-0.25, -0.2) is 0 Å². The minimum atomic E-state index is -1.04. The first-order chi connectivity index (χ1) is 13.6. The molecule has 4 aliphatic rings. The van der Waals surface area contributed by atoms with Crippen LogP contribution in [-0.2, 0) is 19.2 Å². The van der Waals surface area contributed by atoms with Crippen molar-refractivity contribution in [1.29, 1.82) is 0 Å². The number of fused-ring (bicyclic) bond motifs is 5. The average molecular weight is 425 g/mol. The molecule has 0 aromatic rings. The number of carboxylic acid groups (broad SMARTS) is 1. The van der Waals surface area contributed by atoms with Crippen molar-refractivity contribution in [2.45, 2.75) is 78.6 Å². The molecule has 4 saturated carbocycles. The molecule has 4 rings (SSSR count). The fraction of sp³-hybridized carbons (Fsp3) is 0.833. The number of carbonyl (C=O) groups excluding carboxylic acids is 4. The van der Waals surface area contributed by atoms with E-state index in [1.165, 1.54) is 0 Å². The maximum Gasteiger partial charge on any atom is 1.00 e. The molecule has 5 nitrogen and oxygen atoms in total. The van der Waals surface area contributed by atoms with Crippen LogP contribution < -0.4 is 34.7 Å². The van der Waals surface area contributed by atoms with Gasteiger partial charge in [-0.2, -0.15) is 0 Å². The Morgan fingerprint density at radius 1 is 1.10 bits per heavy atom. The molecule has 0 aromatic carbocycles. The van der Waals surface area contributed by atoms with E-state index in [-0.39, 0.29) is 94.3 Å². The monoisotopic (exact) mass is 424 g/mol. The maximum absolute atomic E-state index is 13.6. The van der Waals surface area contributed by atoms with Crippen molar-refractivity contribution in [3.63, 3.8) is 0 Å². The van der Waals surface area contributed by atoms with E-state index in [1.54, 1.807) is 0 Å². The first-order valence-electron chi connectivity index (χ1n) is 11.4. The van der Waals surface area contributed by atoms with Crippen molar-refractivity contribution in [2.75, 3.05) is 0 Å². The normalized spacial score (nSPS) is 43.8. The standard InChI is InChI=1S/C24H34O5.Na/c1-13(4-7-21(28)29)16-5-6-17-22-18(12-20(27)24(16,17)3)23(2)9-8-15(25)10-14(23)11-19(22)26;/h13-14,16-18,22H,4-12H2,1-3H3,(H,28,29);/q;+1/p-1/t13?,14?,16?,17?,18?,22?,23-,24-;/m1./s1. The average Bonchev–Trinajstić information content (AvgIpc) is 3.01. The zero-order valence-electron chi connectivity index (χ0n) is 18.9. The van der Waals surface area contributed by atoms with Gasteiger partial charge in [-0.1, -0.05) is 20.8 Å². The van der Waals surface area contributed by atoms with Crippen LogP contribution in [0.3, 0.4) is 0 Å². The van der Waals surface area contributed by atoms with Gasteiger partial charge in [-0.3, -0.25) is 14.4 Å². The molecular formula is C24H33NaO5. The second-order valence-electron chi connectivity index (χ2n) is 10.8. The number of rotatable bonds is 4. The van der Waals surface area contributed by atoms with Gasteiger partial charge < -0.3 is 9.90 Å². The van der Waals surface area contributed by atoms with Gasteiger partial charge in [0, 0.05) is 43.0 Å². The van der Waals surface area contributed by atoms with Crippen molar-refractivity contribution in [2.24, 2.45) is 46.3 Å². The Bertz CT molecular complexity index is 763. The molecule has 0 spiro atoms. The van der Waals surface area contributed by atoms with Crippen molar-refractivity contribution in [3.05, 3.63) is 0 Å². The molecule has 4 aliphatic carbocycles. The van der Waals surface area contributed by atoms with E-state index in [0.717, 1.165) is 19.3 Å². The molecule has 6 unspecified atom stereocenters. The number of aliphatic carboxylic acids is 1. The van der Waals surface area contributed by atoms with Gasteiger partial charge >= 0.3 is 29.6 Å². The zero-order valence-corrected chi connectivity index (χ0v) is 20.9. The predicted molar refractivity (Wildman–Crippen MR) is 104 cm³/mol. The summed E-state index contributed by atoms with van der Waals surface area (Å²) in [4.78, 5) is 49.8. The van der Waals surface area contributed by atoms with Crippen LogP contribution in [0.15, 0.2) is 0 Å². The molecule has 0 saturated heterocycles. The third-order valence-corrected chi connectivity index (χ3v) is 9.71. The van der Waals surface area contributed by atoms with Crippen molar-refractivity contribution in [1.82, 2.24) is 0 Å². The molecule has 0 N–H and O–H groups in total. The van der Waals surface area contributed by atoms with Crippen LogP contribution in [0.2, 0.25) is 0 Å². The summed E-state index contributed by atoms with van der Waals surface area (Å²) in [6.07, 6.45) is 5.08. The molecule has 8 atom stereocenters. The summed E-state index contributed by atoms with van der Waals surface area (Å²) in [6, 6.07) is 0. The predicted octanol–water partition coefficient (Wildman–Crippen LogP) is -0.257. The largest absolute Gasteiger partial charge is 1.00 e. The van der Waals surface area contributed by atoms with Crippen LogP contribution >= 0.6 is 0 Å². The van der Waals surface area contributed by atoms with Gasteiger partial charge in [0.15, 0.2) is 0 Å². The molecule has 0 amide bonds. The molecule has 0 heterocycles. The van der Waals surface area contributed by atoms with Crippen molar-refractivity contribution >= 4 is 23.3 Å². The summed E-state index contributed by atoms with van der Waals surface area (Å²) in [5.74, 6) is 0.130. The molecule has 4 fully saturated rings. The molecule has 6 heteroatoms. The number of hydrogen-bond acceptors (Lipinski definition) is 5. The smallest absolute Gasteiger partial charge is 0.550 e. The molecule has 0 bridgehead atoms. The summed E-state index contributed by atoms with van der Waals surface area (Å²) < 4.78 is 0.